The molecule has 0 aliphatic carbocycles. The molecule has 2 N–H and O–H groups in total. The van der Waals surface area contributed by atoms with Crippen molar-refractivity contribution in [1.82, 2.24) is 0 Å². The van der Waals surface area contributed by atoms with Crippen molar-refractivity contribution in [1.29, 1.82) is 0 Å². The minimum Gasteiger partial charge on any atom is -0.493 e. The van der Waals surface area contributed by atoms with E-state index in [-0.39, 0.29) is 5.43 Å². The minimum atomic E-state index is -0.163. The lowest BCUT2D eigenvalue weighted by molar-refractivity contribution is 0.411. The lowest BCUT2D eigenvalue weighted by atomic mass is 10.4. The van der Waals surface area contributed by atoms with Crippen molar-refractivity contribution in [2.24, 2.45) is 0 Å². The Morgan fingerprint density at radius 2 is 1.91 bits per heavy atom. The van der Waals surface area contributed by atoms with Gasteiger partial charge in [0.25, 0.3) is 0 Å². The Kier molecular flexibility index (Phi) is 2.11. The van der Waals surface area contributed by atoms with Gasteiger partial charge in [0.05, 0.1) is 7.11 Å². The molecule has 0 saturated heterocycles. The van der Waals surface area contributed by atoms with Gasteiger partial charge in [-0.2, -0.15) is 0 Å². The van der Waals surface area contributed by atoms with E-state index in [0.29, 0.717) is 11.4 Å². The molecular weight excluding hydrogens is 142 g/mol. The minimum absolute atomic E-state index is 0.163. The first kappa shape index (κ1) is 7.60. The van der Waals surface area contributed by atoms with Crippen LogP contribution >= 0.6 is 0 Å². The Morgan fingerprint density at radius 1 is 1.27 bits per heavy atom. The van der Waals surface area contributed by atoms with Crippen LogP contribution in [0.3, 0.4) is 0 Å². The number of rotatable bonds is 1. The smallest absolute Gasteiger partial charge is 0.220 e. The lowest BCUT2D eigenvalue weighted by Gasteiger charge is -1.89. The van der Waals surface area contributed by atoms with E-state index in [4.69, 9.17) is 10.5 Å². The molecule has 1 rings (SSSR count). The standard InChI is InChI=1S/C8H9NO2/c1-11-8-5-3-6(9)2-4-7(8)10/h2-5H,9H2,1H3. The number of methoxy groups -OCH3 is 1. The molecule has 0 atom stereocenters. The van der Waals surface area contributed by atoms with Gasteiger partial charge in [-0.1, -0.05) is 0 Å². The third-order valence-electron chi connectivity index (χ3n) is 1.32. The van der Waals surface area contributed by atoms with Crippen LogP contribution in [0.2, 0.25) is 0 Å². The summed E-state index contributed by atoms with van der Waals surface area (Å²) in [5.74, 6) is 0.307. The highest BCUT2D eigenvalue weighted by atomic mass is 16.5. The van der Waals surface area contributed by atoms with Crippen molar-refractivity contribution >= 4 is 5.69 Å². The van der Waals surface area contributed by atoms with Gasteiger partial charge in [-0.15, -0.1) is 0 Å². The summed E-state index contributed by atoms with van der Waals surface area (Å²) in [7, 11) is 1.45. The van der Waals surface area contributed by atoms with Crippen molar-refractivity contribution in [2.45, 2.75) is 0 Å². The predicted molar refractivity (Wildman–Crippen MR) is 43.7 cm³/mol. The molecule has 0 bridgehead atoms. The van der Waals surface area contributed by atoms with E-state index in [0.717, 1.165) is 0 Å². The van der Waals surface area contributed by atoms with Crippen LogP contribution in [-0.4, -0.2) is 7.11 Å². The highest BCUT2D eigenvalue weighted by Crippen LogP contribution is 2.03. The van der Waals surface area contributed by atoms with Crippen molar-refractivity contribution < 1.29 is 4.74 Å². The van der Waals surface area contributed by atoms with E-state index in [1.165, 1.54) is 13.2 Å². The molecular formula is C8H9NO2. The van der Waals surface area contributed by atoms with E-state index < -0.39 is 0 Å². The van der Waals surface area contributed by atoms with E-state index in [1.54, 1.807) is 18.2 Å². The molecule has 3 nitrogen and oxygen atoms in total. The van der Waals surface area contributed by atoms with Gasteiger partial charge in [0, 0.05) is 5.69 Å². The molecule has 1 aromatic carbocycles. The van der Waals surface area contributed by atoms with Gasteiger partial charge < -0.3 is 10.5 Å². The summed E-state index contributed by atoms with van der Waals surface area (Å²) in [5, 5.41) is 0. The normalized spacial score (nSPS) is 9.18. The summed E-state index contributed by atoms with van der Waals surface area (Å²) in [6.07, 6.45) is 0. The van der Waals surface area contributed by atoms with Crippen LogP contribution in [-0.2, 0) is 0 Å². The van der Waals surface area contributed by atoms with E-state index in [1.807, 2.05) is 0 Å². The zero-order valence-electron chi connectivity index (χ0n) is 6.20. The summed E-state index contributed by atoms with van der Waals surface area (Å²) in [4.78, 5) is 11.0. The largest absolute Gasteiger partial charge is 0.493 e. The number of anilines is 1. The third-order valence-corrected chi connectivity index (χ3v) is 1.32. The highest BCUT2D eigenvalue weighted by molar-refractivity contribution is 5.38. The van der Waals surface area contributed by atoms with Crippen LogP contribution in [0.1, 0.15) is 0 Å². The van der Waals surface area contributed by atoms with Crippen LogP contribution in [0.4, 0.5) is 5.69 Å². The molecule has 0 saturated carbocycles. The van der Waals surface area contributed by atoms with Gasteiger partial charge in [0.1, 0.15) is 0 Å². The topological polar surface area (TPSA) is 52.3 Å². The average Bonchev–Trinajstić information content (AvgIpc) is 2.15. The second-order valence-electron chi connectivity index (χ2n) is 2.10. The van der Waals surface area contributed by atoms with Crippen molar-refractivity contribution in [2.75, 3.05) is 12.8 Å². The second-order valence-corrected chi connectivity index (χ2v) is 2.10. The number of hydrogen-bond acceptors (Lipinski definition) is 3. The fraction of sp³-hybridized carbons (Fsp3) is 0.125. The Labute approximate surface area is 64.4 Å². The molecule has 0 fully saturated rings. The summed E-state index contributed by atoms with van der Waals surface area (Å²) >= 11 is 0. The van der Waals surface area contributed by atoms with Crippen LogP contribution < -0.4 is 15.9 Å². The van der Waals surface area contributed by atoms with Crippen LogP contribution in [0.25, 0.3) is 0 Å². The van der Waals surface area contributed by atoms with Crippen molar-refractivity contribution in [3.8, 4) is 5.75 Å². The fourth-order valence-corrected chi connectivity index (χ4v) is 0.732. The zero-order valence-corrected chi connectivity index (χ0v) is 6.20. The first-order chi connectivity index (χ1) is 5.24. The Hall–Kier alpha value is -1.51. The summed E-state index contributed by atoms with van der Waals surface area (Å²) in [6, 6.07) is 6.11. The summed E-state index contributed by atoms with van der Waals surface area (Å²) in [6.45, 7) is 0. The zero-order chi connectivity index (χ0) is 8.27. The number of nitrogens with two attached hydrogens (primary N) is 1. The maximum Gasteiger partial charge on any atom is 0.220 e. The van der Waals surface area contributed by atoms with Crippen molar-refractivity contribution in [3.63, 3.8) is 0 Å². The Balaban J connectivity index is 3.33. The quantitative estimate of drug-likeness (QED) is 0.640. The number of hydrogen-bond donors (Lipinski definition) is 1. The monoisotopic (exact) mass is 151 g/mol. The van der Waals surface area contributed by atoms with Crippen LogP contribution in [0, 0.1) is 0 Å². The van der Waals surface area contributed by atoms with Gasteiger partial charge in [-0.05, 0) is 24.3 Å². The molecule has 0 aromatic heterocycles. The number of nitrogen functional groups attached to an aromatic ring is 1. The van der Waals surface area contributed by atoms with Gasteiger partial charge in [-0.25, -0.2) is 0 Å². The maximum atomic E-state index is 11.0. The third kappa shape index (κ3) is 1.70. The molecule has 3 heteroatoms. The molecule has 58 valence electrons. The van der Waals surface area contributed by atoms with E-state index in [9.17, 15) is 4.79 Å². The highest BCUT2D eigenvalue weighted by Gasteiger charge is 1.92. The Morgan fingerprint density at radius 3 is 2.55 bits per heavy atom. The molecule has 0 spiro atoms. The Bertz CT molecular complexity index is 309. The van der Waals surface area contributed by atoms with Crippen LogP contribution in [0.15, 0.2) is 29.1 Å². The van der Waals surface area contributed by atoms with E-state index in [2.05, 4.69) is 0 Å². The molecule has 0 aliphatic heterocycles. The fourth-order valence-electron chi connectivity index (χ4n) is 0.732. The molecule has 1 aromatic rings. The summed E-state index contributed by atoms with van der Waals surface area (Å²) < 4.78 is 4.79. The second kappa shape index (κ2) is 3.05. The van der Waals surface area contributed by atoms with Gasteiger partial charge in [0.2, 0.25) is 5.43 Å². The van der Waals surface area contributed by atoms with Gasteiger partial charge in [-0.3, -0.25) is 4.79 Å². The SMILES string of the molecule is COc1ccc(N)ccc1=O. The first-order valence-corrected chi connectivity index (χ1v) is 3.18. The molecule has 11 heavy (non-hydrogen) atoms. The average molecular weight is 151 g/mol. The number of ether oxygens (including phenoxy) is 1. The lowest BCUT2D eigenvalue weighted by Crippen LogP contribution is -1.98. The van der Waals surface area contributed by atoms with Crippen molar-refractivity contribution in [3.05, 3.63) is 34.5 Å². The molecule has 0 amide bonds. The van der Waals surface area contributed by atoms with Crippen LogP contribution in [0.5, 0.6) is 5.75 Å². The maximum absolute atomic E-state index is 11.0. The van der Waals surface area contributed by atoms with Gasteiger partial charge >= 0.3 is 0 Å². The molecule has 0 heterocycles. The first-order valence-electron chi connectivity index (χ1n) is 3.18. The predicted octanol–water partition coefficient (Wildman–Crippen LogP) is 0.638. The van der Waals surface area contributed by atoms with Gasteiger partial charge in [0.15, 0.2) is 5.75 Å². The molecule has 0 aliphatic rings. The molecule has 0 unspecified atom stereocenters. The summed E-state index contributed by atoms with van der Waals surface area (Å²) in [5.41, 5.74) is 5.82. The molecule has 0 radical (unpaired) electrons. The van der Waals surface area contributed by atoms with E-state index >= 15 is 0 Å².